The summed E-state index contributed by atoms with van der Waals surface area (Å²) >= 11 is 1.70. The Bertz CT molecular complexity index is 304. The molecule has 1 unspecified atom stereocenters. The first-order valence-corrected chi connectivity index (χ1v) is 6.75. The number of thiazole rings is 1. The zero-order chi connectivity index (χ0) is 12.0. The van der Waals surface area contributed by atoms with E-state index in [1.165, 1.54) is 0 Å². The molecule has 1 atom stereocenters. The lowest BCUT2D eigenvalue weighted by atomic mass is 10.0. The zero-order valence-electron chi connectivity index (χ0n) is 10.7. The van der Waals surface area contributed by atoms with Crippen molar-refractivity contribution in [2.24, 2.45) is 0 Å². The van der Waals surface area contributed by atoms with Gasteiger partial charge >= 0.3 is 0 Å². The Morgan fingerprint density at radius 1 is 1.50 bits per heavy atom. The fraction of sp³-hybridized carbons (Fsp3) is 0.750. The van der Waals surface area contributed by atoms with Crippen LogP contribution in [-0.2, 0) is 10.3 Å². The number of aromatic nitrogens is 1. The Hall–Kier alpha value is -0.450. The predicted octanol–water partition coefficient (Wildman–Crippen LogP) is 2.70. The Labute approximate surface area is 102 Å². The van der Waals surface area contributed by atoms with E-state index in [2.05, 4.69) is 29.5 Å². The monoisotopic (exact) mass is 242 g/mol. The minimum atomic E-state index is -0.148. The highest BCUT2D eigenvalue weighted by molar-refractivity contribution is 7.09. The maximum absolute atomic E-state index is 5.56. The molecule has 0 saturated heterocycles. The van der Waals surface area contributed by atoms with Crippen molar-refractivity contribution in [3.63, 3.8) is 0 Å². The van der Waals surface area contributed by atoms with Crippen molar-refractivity contribution in [3.05, 3.63) is 16.1 Å². The second kappa shape index (κ2) is 6.33. The van der Waals surface area contributed by atoms with Gasteiger partial charge in [-0.05, 0) is 33.7 Å². The summed E-state index contributed by atoms with van der Waals surface area (Å²) in [6.45, 7) is 10.8. The van der Waals surface area contributed by atoms with Gasteiger partial charge in [0.05, 0.1) is 12.1 Å². The Balaban J connectivity index is 2.76. The summed E-state index contributed by atoms with van der Waals surface area (Å²) in [6, 6.07) is 0. The van der Waals surface area contributed by atoms with E-state index in [0.717, 1.165) is 30.3 Å². The quantitative estimate of drug-likeness (QED) is 0.798. The smallest absolute Gasteiger partial charge is 0.115 e. The fourth-order valence-corrected chi connectivity index (χ4v) is 2.43. The lowest BCUT2D eigenvalue weighted by molar-refractivity contribution is 0.0831. The number of nitrogens with zero attached hydrogens (tertiary/aromatic N) is 1. The molecular formula is C12H22N2OS. The molecule has 0 amide bonds. The third-order valence-corrected chi connectivity index (χ3v) is 3.68. The number of hydrogen-bond donors (Lipinski definition) is 1. The number of rotatable bonds is 7. The zero-order valence-corrected chi connectivity index (χ0v) is 11.5. The molecule has 0 aliphatic rings. The molecule has 1 heterocycles. The average molecular weight is 242 g/mol. The van der Waals surface area contributed by atoms with Gasteiger partial charge in [-0.2, -0.15) is 0 Å². The van der Waals surface area contributed by atoms with Crippen molar-refractivity contribution >= 4 is 11.3 Å². The lowest BCUT2D eigenvalue weighted by Gasteiger charge is -2.28. The summed E-state index contributed by atoms with van der Waals surface area (Å²) in [6.07, 6.45) is 1.12. The molecule has 0 aliphatic heterocycles. The summed E-state index contributed by atoms with van der Waals surface area (Å²) < 4.78 is 5.56. The minimum Gasteiger partial charge on any atom is -0.379 e. The normalized spacial score (nSPS) is 15.0. The molecule has 4 heteroatoms. The van der Waals surface area contributed by atoms with E-state index in [-0.39, 0.29) is 5.54 Å². The predicted molar refractivity (Wildman–Crippen MR) is 69.0 cm³/mol. The van der Waals surface area contributed by atoms with Crippen LogP contribution in [0.25, 0.3) is 0 Å². The van der Waals surface area contributed by atoms with Crippen LogP contribution in [0.5, 0.6) is 0 Å². The molecule has 92 valence electrons. The summed E-state index contributed by atoms with van der Waals surface area (Å²) in [5.74, 6) is 0. The van der Waals surface area contributed by atoms with Gasteiger partial charge < -0.3 is 10.1 Å². The molecule has 0 saturated carbocycles. The van der Waals surface area contributed by atoms with Crippen LogP contribution in [0, 0.1) is 6.92 Å². The second-order valence-electron chi connectivity index (χ2n) is 4.19. The molecule has 3 nitrogen and oxygen atoms in total. The fourth-order valence-electron chi connectivity index (χ4n) is 1.50. The Kier molecular flexibility index (Phi) is 5.38. The van der Waals surface area contributed by atoms with Crippen LogP contribution in [0.4, 0.5) is 0 Å². The molecule has 0 fully saturated rings. The van der Waals surface area contributed by atoms with Gasteiger partial charge in [-0.15, -0.1) is 11.3 Å². The third-order valence-electron chi connectivity index (χ3n) is 2.45. The summed E-state index contributed by atoms with van der Waals surface area (Å²) in [7, 11) is 0. The van der Waals surface area contributed by atoms with Crippen LogP contribution in [-0.4, -0.2) is 24.7 Å². The van der Waals surface area contributed by atoms with Gasteiger partial charge in [-0.25, -0.2) is 4.98 Å². The molecular weight excluding hydrogens is 220 g/mol. The minimum absolute atomic E-state index is 0.148. The topological polar surface area (TPSA) is 34.1 Å². The van der Waals surface area contributed by atoms with Gasteiger partial charge in [0.2, 0.25) is 0 Å². The number of nitrogens with one attached hydrogen (secondary N) is 1. The van der Waals surface area contributed by atoms with Crippen LogP contribution in [0.1, 0.15) is 37.9 Å². The Morgan fingerprint density at radius 3 is 2.75 bits per heavy atom. The summed E-state index contributed by atoms with van der Waals surface area (Å²) in [5, 5.41) is 6.74. The number of aryl methyl sites for hydroxylation is 1. The molecule has 1 aromatic rings. The number of ether oxygens (including phenoxy) is 1. The number of hydrogen-bond acceptors (Lipinski definition) is 4. The van der Waals surface area contributed by atoms with E-state index in [1.54, 1.807) is 11.3 Å². The van der Waals surface area contributed by atoms with Crippen molar-refractivity contribution < 1.29 is 4.74 Å². The first-order chi connectivity index (χ1) is 7.62. The van der Waals surface area contributed by atoms with E-state index in [9.17, 15) is 0 Å². The molecule has 0 bridgehead atoms. The van der Waals surface area contributed by atoms with Crippen LogP contribution in [0.3, 0.4) is 0 Å². The molecule has 1 rings (SSSR count). The molecule has 16 heavy (non-hydrogen) atoms. The van der Waals surface area contributed by atoms with Crippen LogP contribution in [0.15, 0.2) is 5.38 Å². The summed E-state index contributed by atoms with van der Waals surface area (Å²) in [5.41, 5.74) is 0.936. The SMILES string of the molecule is CCCNC(C)(COCC)c1nc(C)cs1. The van der Waals surface area contributed by atoms with Gasteiger partial charge in [-0.1, -0.05) is 6.92 Å². The highest BCUT2D eigenvalue weighted by atomic mass is 32.1. The average Bonchev–Trinajstić information content (AvgIpc) is 2.71. The van der Waals surface area contributed by atoms with Crippen molar-refractivity contribution in [2.75, 3.05) is 19.8 Å². The van der Waals surface area contributed by atoms with E-state index in [1.807, 2.05) is 13.8 Å². The van der Waals surface area contributed by atoms with Crippen LogP contribution >= 0.6 is 11.3 Å². The van der Waals surface area contributed by atoms with Crippen LogP contribution in [0.2, 0.25) is 0 Å². The van der Waals surface area contributed by atoms with E-state index < -0.39 is 0 Å². The highest BCUT2D eigenvalue weighted by Crippen LogP contribution is 2.24. The van der Waals surface area contributed by atoms with Crippen molar-refractivity contribution in [3.8, 4) is 0 Å². The maximum atomic E-state index is 5.56. The second-order valence-corrected chi connectivity index (χ2v) is 5.05. The van der Waals surface area contributed by atoms with Crippen molar-refractivity contribution in [1.29, 1.82) is 0 Å². The van der Waals surface area contributed by atoms with Crippen LogP contribution < -0.4 is 5.32 Å². The largest absolute Gasteiger partial charge is 0.379 e. The third kappa shape index (κ3) is 3.54. The first kappa shape index (κ1) is 13.6. The summed E-state index contributed by atoms with van der Waals surface area (Å²) in [4.78, 5) is 4.56. The maximum Gasteiger partial charge on any atom is 0.115 e. The molecule has 1 N–H and O–H groups in total. The first-order valence-electron chi connectivity index (χ1n) is 5.87. The van der Waals surface area contributed by atoms with Gasteiger partial charge in [0, 0.05) is 17.7 Å². The van der Waals surface area contributed by atoms with Crippen molar-refractivity contribution in [1.82, 2.24) is 10.3 Å². The lowest BCUT2D eigenvalue weighted by Crippen LogP contribution is -2.44. The molecule has 1 aromatic heterocycles. The molecule has 0 spiro atoms. The van der Waals surface area contributed by atoms with E-state index in [0.29, 0.717) is 6.61 Å². The van der Waals surface area contributed by atoms with Gasteiger partial charge in [0.1, 0.15) is 5.01 Å². The molecule has 0 aromatic carbocycles. The van der Waals surface area contributed by atoms with Gasteiger partial charge in [-0.3, -0.25) is 0 Å². The standard InChI is InChI=1S/C12H22N2OS/c1-5-7-13-12(4,9-15-6-2)11-14-10(3)8-16-11/h8,13H,5-7,9H2,1-4H3. The van der Waals surface area contributed by atoms with E-state index in [4.69, 9.17) is 4.74 Å². The molecule has 0 aliphatic carbocycles. The van der Waals surface area contributed by atoms with E-state index >= 15 is 0 Å². The van der Waals surface area contributed by atoms with Crippen molar-refractivity contribution in [2.45, 2.75) is 39.7 Å². The Morgan fingerprint density at radius 2 is 2.25 bits per heavy atom. The highest BCUT2D eigenvalue weighted by Gasteiger charge is 2.29. The van der Waals surface area contributed by atoms with Gasteiger partial charge in [0.15, 0.2) is 0 Å². The molecule has 0 radical (unpaired) electrons. The van der Waals surface area contributed by atoms with Gasteiger partial charge in [0.25, 0.3) is 0 Å².